The van der Waals surface area contributed by atoms with Crippen molar-refractivity contribution in [2.75, 3.05) is 63.8 Å². The minimum Gasteiger partial charge on any atom is -0.508 e. The maximum atomic E-state index is 12.4. The van der Waals surface area contributed by atoms with Gasteiger partial charge in [-0.3, -0.25) is 33.6 Å². The molecule has 654 valence electrons. The Labute approximate surface area is 731 Å². The standard InChI is InChI=1S/C39H41N5OS2.C21H34N4O3.C21H27N3O2.C15H22N4O3/c1-23(2)13-29-21-46-36(43-29)19-41-34-17-35(42-20-37-44-30(22-47-37)14-24(3)4)33-12-8-27-16-28(40-18-25-5-9-31(45)10-6-25)15-26-7-11-32(34)39(33)38(26)27;1-6-7-8-9-18(22)21(28)25-17-11-15(23-19(26)13(2)3)10-16(12-17)24-20(27)14(4)5;1-14(2)20(25)23-18-10-17(22-13-16-8-6-5-7-9-16)11-19(12-18)24-21(26)15(3)4;1-8(2)13(20)17-10-5-11(18-14(21)9(3)4)7-12(6-10)19-15(16)22/h5-12,15-17,21-24,40-42,45H,13-14,18-20H2,1-4H3;10-14,18H,6-9,22H2,1-5H3,(H,23,26)(H,24,27)(H,25,28);5-12,14-15,22H,13H2,1-4H3,(H,23,25)(H,24,26);5-9H,1-4H3,(H,17,20)(H,18,21)(H3,16,19,22)/t;18-;;/m.0../s1. The summed E-state index contributed by atoms with van der Waals surface area (Å²) in [6.45, 7) is 35.3. The molecule has 2 heterocycles. The molecule has 25 nitrogen and oxygen atoms in total. The molecule has 9 amide bonds. The van der Waals surface area contributed by atoms with Gasteiger partial charge in [-0.2, -0.15) is 0 Å². The number of hydrogen-bond donors (Lipinski definition) is 15. The molecule has 27 heteroatoms. The first-order chi connectivity index (χ1) is 58.4. The zero-order chi connectivity index (χ0) is 89.7. The summed E-state index contributed by atoms with van der Waals surface area (Å²) < 4.78 is 0. The van der Waals surface area contributed by atoms with Gasteiger partial charge in [-0.25, -0.2) is 14.8 Å². The van der Waals surface area contributed by atoms with Crippen LogP contribution < -0.4 is 75.3 Å². The normalized spacial score (nSPS) is 11.4. The number of carbonyl (C=O) groups excluding carboxylic acids is 8. The van der Waals surface area contributed by atoms with E-state index in [0.29, 0.717) is 89.9 Å². The van der Waals surface area contributed by atoms with Crippen molar-refractivity contribution in [3.05, 3.63) is 195 Å². The van der Waals surface area contributed by atoms with Crippen molar-refractivity contribution in [2.45, 2.75) is 188 Å². The summed E-state index contributed by atoms with van der Waals surface area (Å²) in [6, 6.07) is 47.0. The molecule has 0 aliphatic heterocycles. The van der Waals surface area contributed by atoms with Gasteiger partial charge in [0.25, 0.3) is 0 Å². The lowest BCUT2D eigenvalue weighted by molar-refractivity contribution is -0.119. The third-order valence-electron chi connectivity index (χ3n) is 19.3. The summed E-state index contributed by atoms with van der Waals surface area (Å²) in [5.74, 6) is -0.614. The van der Waals surface area contributed by atoms with Crippen LogP contribution in [0.1, 0.15) is 176 Å². The highest BCUT2D eigenvalue weighted by molar-refractivity contribution is 7.10. The van der Waals surface area contributed by atoms with Gasteiger partial charge in [0.15, 0.2) is 0 Å². The lowest BCUT2D eigenvalue weighted by Crippen LogP contribution is -2.35. The van der Waals surface area contributed by atoms with Crippen molar-refractivity contribution >= 4 is 171 Å². The number of phenols is 1. The van der Waals surface area contributed by atoms with E-state index in [2.05, 4.69) is 152 Å². The Morgan fingerprint density at radius 1 is 0.366 bits per heavy atom. The summed E-state index contributed by atoms with van der Waals surface area (Å²) >= 11 is 3.46. The molecule has 0 bridgehead atoms. The second-order valence-electron chi connectivity index (χ2n) is 33.4. The fraction of sp³-hybridized carbons (Fsp3) is 0.375. The number of nitrogens with zero attached hydrogens (tertiary/aromatic N) is 2. The lowest BCUT2D eigenvalue weighted by Gasteiger charge is -2.19. The number of nitrogens with two attached hydrogens (primary N) is 2. The Kier molecular flexibility index (Phi) is 36.6. The molecular formula is C96H124N16O9S2. The third-order valence-corrected chi connectivity index (χ3v) is 21.1. The maximum absolute atomic E-state index is 12.4. The molecule has 0 aliphatic rings. The zero-order valence-corrected chi connectivity index (χ0v) is 75.6. The van der Waals surface area contributed by atoms with Gasteiger partial charge in [0.1, 0.15) is 15.8 Å². The number of anilines is 12. The smallest absolute Gasteiger partial charge is 0.316 e. The molecule has 17 N–H and O–H groups in total. The first kappa shape index (κ1) is 96.3. The topological polar surface area (TPSA) is 379 Å². The molecule has 0 fully saturated rings. The summed E-state index contributed by atoms with van der Waals surface area (Å²) in [4.78, 5) is 105. The quantitative estimate of drug-likeness (QED) is 0.0130. The number of benzene rings is 9. The van der Waals surface area contributed by atoms with Crippen LogP contribution in [0.2, 0.25) is 0 Å². The molecule has 11 aromatic rings. The van der Waals surface area contributed by atoms with Crippen LogP contribution in [-0.4, -0.2) is 68.5 Å². The number of hydrogen-bond acceptors (Lipinski definition) is 18. The number of nitrogens with one attached hydrogen (secondary N) is 12. The molecule has 9 aromatic carbocycles. The zero-order valence-electron chi connectivity index (χ0n) is 73.9. The van der Waals surface area contributed by atoms with E-state index in [9.17, 15) is 43.5 Å². The fourth-order valence-corrected chi connectivity index (χ4v) is 14.1. The van der Waals surface area contributed by atoms with E-state index >= 15 is 0 Å². The highest BCUT2D eigenvalue weighted by Gasteiger charge is 2.22. The van der Waals surface area contributed by atoms with Gasteiger partial charge in [0, 0.05) is 144 Å². The van der Waals surface area contributed by atoms with Crippen LogP contribution in [-0.2, 0) is 72.6 Å². The molecule has 1 atom stereocenters. The van der Waals surface area contributed by atoms with Gasteiger partial charge in [0.2, 0.25) is 41.4 Å². The van der Waals surface area contributed by atoms with E-state index in [4.69, 9.17) is 21.4 Å². The average Bonchev–Trinajstić information content (AvgIpc) is 0.836. The number of primary amides is 1. The molecule has 0 saturated heterocycles. The molecule has 2 aromatic heterocycles. The Hall–Kier alpha value is -12.2. The van der Waals surface area contributed by atoms with Gasteiger partial charge in [0.05, 0.1) is 30.5 Å². The summed E-state index contributed by atoms with van der Waals surface area (Å²) in [5, 5.41) is 60.1. The Morgan fingerprint density at radius 3 is 1.04 bits per heavy atom. The van der Waals surface area contributed by atoms with Crippen molar-refractivity contribution in [3.63, 3.8) is 0 Å². The molecule has 123 heavy (non-hydrogen) atoms. The van der Waals surface area contributed by atoms with Gasteiger partial charge in [-0.05, 0) is 143 Å². The second kappa shape index (κ2) is 46.7. The van der Waals surface area contributed by atoms with Gasteiger partial charge in [-0.15, -0.1) is 22.7 Å². The van der Waals surface area contributed by atoms with E-state index in [1.807, 2.05) is 82.3 Å². The van der Waals surface area contributed by atoms with Crippen LogP contribution in [0.3, 0.4) is 0 Å². The van der Waals surface area contributed by atoms with Crippen molar-refractivity contribution < 1.29 is 43.5 Å². The number of carbonyl (C=O) groups is 8. The minimum absolute atomic E-state index is 0.0636. The molecular weight excluding hydrogens is 1590 g/mol. The van der Waals surface area contributed by atoms with E-state index in [1.165, 1.54) is 43.7 Å². The van der Waals surface area contributed by atoms with Gasteiger partial charge in [-0.1, -0.05) is 204 Å². The molecule has 0 radical (unpaired) electrons. The minimum atomic E-state index is -0.728. The van der Waals surface area contributed by atoms with Gasteiger partial charge >= 0.3 is 6.03 Å². The summed E-state index contributed by atoms with van der Waals surface area (Å²) in [6.07, 6.45) is 5.61. The largest absolute Gasteiger partial charge is 0.508 e. The van der Waals surface area contributed by atoms with E-state index in [0.717, 1.165) is 76.0 Å². The molecule has 0 aliphatic carbocycles. The highest BCUT2D eigenvalue weighted by Crippen LogP contribution is 2.43. The number of urea groups is 1. The van der Waals surface area contributed by atoms with Crippen LogP contribution in [0, 0.1) is 47.3 Å². The summed E-state index contributed by atoms with van der Waals surface area (Å²) in [5.41, 5.74) is 23.9. The second-order valence-corrected chi connectivity index (χ2v) is 35.3. The van der Waals surface area contributed by atoms with Crippen molar-refractivity contribution in [1.82, 2.24) is 9.97 Å². The number of aromatic hydroxyl groups is 1. The third kappa shape index (κ3) is 31.0. The molecule has 0 unspecified atom stereocenters. The van der Waals surface area contributed by atoms with E-state index in [1.54, 1.807) is 133 Å². The lowest BCUT2D eigenvalue weighted by atomic mass is 9.92. The monoisotopic (exact) mass is 1710 g/mol. The van der Waals surface area contributed by atoms with Crippen molar-refractivity contribution in [3.8, 4) is 5.75 Å². The maximum Gasteiger partial charge on any atom is 0.316 e. The number of rotatable bonds is 35. The first-order valence-corrected chi connectivity index (χ1v) is 44.0. The first-order valence-electron chi connectivity index (χ1n) is 42.3. The van der Waals surface area contributed by atoms with Crippen LogP contribution in [0.15, 0.2) is 162 Å². The van der Waals surface area contributed by atoms with Crippen molar-refractivity contribution in [1.29, 1.82) is 0 Å². The summed E-state index contributed by atoms with van der Waals surface area (Å²) in [7, 11) is 0. The Balaban J connectivity index is 0.000000215. The van der Waals surface area contributed by atoms with E-state index in [-0.39, 0.29) is 82.6 Å². The molecule has 0 spiro atoms. The highest BCUT2D eigenvalue weighted by atomic mass is 32.1. The molecule has 0 saturated carbocycles. The Morgan fingerprint density at radius 2 is 0.699 bits per heavy atom. The predicted octanol–water partition coefficient (Wildman–Crippen LogP) is 21.0. The fourth-order valence-electron chi connectivity index (χ4n) is 12.6. The Bertz CT molecular complexity index is 5130. The number of phenolic OH excluding ortho intramolecular Hbond substituents is 1. The van der Waals surface area contributed by atoms with E-state index < -0.39 is 12.1 Å². The number of aromatic nitrogens is 2. The SMILES string of the molecule is CC(C)C(=O)Nc1cc(NC(N)=O)cc(NC(=O)C(C)C)c1.CC(C)C(=O)Nc1cc(NCc2ccccc2)cc(NC(=O)C(C)C)c1.CC(C)Cc1csc(CNc2cc(NCc3nc(CC(C)C)cs3)c3ccc4cc(NCc5ccc(O)cc5)cc5ccc2c3c54)n1.CCCCC[C@H](N)C(=O)Nc1cc(NC(=O)C(C)C)cc(NC(=O)C(C)C)c1. The van der Waals surface area contributed by atoms with Crippen LogP contribution in [0.4, 0.5) is 73.0 Å². The molecule has 11 rings (SSSR count). The van der Waals surface area contributed by atoms with Crippen LogP contribution >= 0.6 is 22.7 Å². The van der Waals surface area contributed by atoms with Gasteiger partial charge < -0.3 is 80.4 Å². The number of thiazole rings is 2. The van der Waals surface area contributed by atoms with Crippen LogP contribution in [0.25, 0.3) is 32.3 Å². The number of amides is 9. The predicted molar refractivity (Wildman–Crippen MR) is 509 cm³/mol. The average molecular weight is 1710 g/mol. The number of unbranched alkanes of at least 4 members (excludes halogenated alkanes) is 2. The van der Waals surface area contributed by atoms with Crippen molar-refractivity contribution in [2.24, 2.45) is 58.8 Å². The van der Waals surface area contributed by atoms with Crippen LogP contribution in [0.5, 0.6) is 5.75 Å².